The maximum absolute atomic E-state index is 13.4. The lowest BCUT2D eigenvalue weighted by molar-refractivity contribution is -0.0495. The highest BCUT2D eigenvalue weighted by molar-refractivity contribution is 5.93. The fourth-order valence-corrected chi connectivity index (χ4v) is 3.15. The highest BCUT2D eigenvalue weighted by Gasteiger charge is 2.36. The fraction of sp³-hybridized carbons (Fsp3) is 0.250. The molecule has 0 atom stereocenters. The number of nitrogens with zero attached hydrogens (tertiary/aromatic N) is 6. The summed E-state index contributed by atoms with van der Waals surface area (Å²) in [4.78, 5) is 22.6. The van der Waals surface area contributed by atoms with Crippen LogP contribution < -0.4 is 0 Å². The van der Waals surface area contributed by atoms with Crippen molar-refractivity contribution in [3.05, 3.63) is 60.2 Å². The molecule has 0 N–H and O–H groups in total. The summed E-state index contributed by atoms with van der Waals surface area (Å²) in [7, 11) is 0. The Labute approximate surface area is 165 Å². The molecule has 0 bridgehead atoms. The van der Waals surface area contributed by atoms with Gasteiger partial charge in [-0.1, -0.05) is 0 Å². The molecule has 1 saturated heterocycles. The molecule has 7 nitrogen and oxygen atoms in total. The van der Waals surface area contributed by atoms with Crippen LogP contribution in [-0.4, -0.2) is 49.6 Å². The molecule has 4 rings (SSSR count). The van der Waals surface area contributed by atoms with Crippen LogP contribution in [-0.2, 0) is 0 Å². The highest BCUT2D eigenvalue weighted by Crippen LogP contribution is 2.29. The number of halogens is 2. The van der Waals surface area contributed by atoms with Crippen LogP contribution in [0.3, 0.4) is 0 Å². The molecular formula is C20H16F2N6O. The Bertz CT molecular complexity index is 1060. The zero-order valence-electron chi connectivity index (χ0n) is 15.3. The van der Waals surface area contributed by atoms with Crippen LogP contribution in [0.1, 0.15) is 28.9 Å². The van der Waals surface area contributed by atoms with E-state index in [1.807, 2.05) is 6.07 Å². The van der Waals surface area contributed by atoms with Gasteiger partial charge in [-0.3, -0.25) is 14.8 Å². The van der Waals surface area contributed by atoms with Crippen LogP contribution in [0.5, 0.6) is 0 Å². The summed E-state index contributed by atoms with van der Waals surface area (Å²) in [5, 5.41) is 13.4. The van der Waals surface area contributed by atoms with Gasteiger partial charge in [0.05, 0.1) is 28.8 Å². The number of piperidine rings is 1. The second kappa shape index (κ2) is 7.39. The summed E-state index contributed by atoms with van der Waals surface area (Å²) in [5.74, 6) is -3.14. The topological polar surface area (TPSA) is 87.7 Å². The molecule has 0 unspecified atom stereocenters. The van der Waals surface area contributed by atoms with Gasteiger partial charge < -0.3 is 4.90 Å². The molecule has 29 heavy (non-hydrogen) atoms. The van der Waals surface area contributed by atoms with Crippen LogP contribution in [0.2, 0.25) is 0 Å². The van der Waals surface area contributed by atoms with Crippen LogP contribution in [0.25, 0.3) is 17.1 Å². The third-order valence-corrected chi connectivity index (χ3v) is 4.76. The SMILES string of the molecule is N#Cc1ccc(-c2cc(C(=O)N3CCC(F)(F)CC3)nn2-c2cccnc2)nc1. The average molecular weight is 394 g/mol. The first kappa shape index (κ1) is 18.7. The van der Waals surface area contributed by atoms with E-state index in [0.29, 0.717) is 22.6 Å². The maximum atomic E-state index is 13.4. The standard InChI is InChI=1S/C20H16F2N6O/c21-20(22)5-8-27(9-6-20)19(29)17-10-18(16-4-3-14(11-23)12-25-16)28(26-17)15-2-1-7-24-13-15/h1-4,7,10,12-13H,5-6,8-9H2. The minimum absolute atomic E-state index is 0.0178. The summed E-state index contributed by atoms with van der Waals surface area (Å²) < 4.78 is 28.4. The van der Waals surface area contributed by atoms with E-state index in [1.54, 1.807) is 42.7 Å². The monoisotopic (exact) mass is 394 g/mol. The number of hydrogen-bond donors (Lipinski definition) is 0. The predicted octanol–water partition coefficient (Wildman–Crippen LogP) is 3.07. The van der Waals surface area contributed by atoms with Crippen molar-refractivity contribution in [2.75, 3.05) is 13.1 Å². The zero-order chi connectivity index (χ0) is 20.4. The van der Waals surface area contributed by atoms with Gasteiger partial charge in [0.15, 0.2) is 5.69 Å². The molecule has 3 aromatic heterocycles. The van der Waals surface area contributed by atoms with E-state index < -0.39 is 11.8 Å². The second-order valence-electron chi connectivity index (χ2n) is 6.73. The Hall–Kier alpha value is -3.67. The first-order valence-electron chi connectivity index (χ1n) is 9.01. The van der Waals surface area contributed by atoms with Gasteiger partial charge in [0.1, 0.15) is 6.07 Å². The molecule has 0 aliphatic carbocycles. The number of rotatable bonds is 3. The van der Waals surface area contributed by atoms with Crippen molar-refractivity contribution < 1.29 is 13.6 Å². The number of nitriles is 1. The van der Waals surface area contributed by atoms with Gasteiger partial charge in [-0.2, -0.15) is 10.4 Å². The van der Waals surface area contributed by atoms with Gasteiger partial charge >= 0.3 is 0 Å². The van der Waals surface area contributed by atoms with Gasteiger partial charge in [-0.15, -0.1) is 0 Å². The summed E-state index contributed by atoms with van der Waals surface area (Å²) in [6.07, 6.45) is 3.94. The van der Waals surface area contributed by atoms with Crippen molar-refractivity contribution in [3.63, 3.8) is 0 Å². The van der Waals surface area contributed by atoms with Crippen molar-refractivity contribution in [2.24, 2.45) is 0 Å². The Morgan fingerprint density at radius 3 is 2.59 bits per heavy atom. The zero-order valence-corrected chi connectivity index (χ0v) is 15.3. The molecule has 1 fully saturated rings. The Balaban J connectivity index is 1.72. The third kappa shape index (κ3) is 3.82. The Morgan fingerprint density at radius 2 is 1.97 bits per heavy atom. The maximum Gasteiger partial charge on any atom is 0.274 e. The van der Waals surface area contributed by atoms with Crippen LogP contribution in [0.4, 0.5) is 8.78 Å². The van der Waals surface area contributed by atoms with E-state index in [9.17, 15) is 13.6 Å². The molecule has 3 aromatic rings. The number of aromatic nitrogens is 4. The summed E-state index contributed by atoms with van der Waals surface area (Å²) in [6, 6.07) is 10.4. The largest absolute Gasteiger partial charge is 0.337 e. The normalized spacial score (nSPS) is 15.7. The molecule has 0 radical (unpaired) electrons. The van der Waals surface area contributed by atoms with Gasteiger partial charge in [-0.25, -0.2) is 13.5 Å². The first-order chi connectivity index (χ1) is 14.0. The number of pyridine rings is 2. The molecule has 4 heterocycles. The molecule has 1 aliphatic heterocycles. The Kier molecular flexibility index (Phi) is 4.76. The summed E-state index contributed by atoms with van der Waals surface area (Å²) >= 11 is 0. The number of likely N-dealkylation sites (tertiary alicyclic amines) is 1. The van der Waals surface area contributed by atoms with Crippen molar-refractivity contribution >= 4 is 5.91 Å². The van der Waals surface area contributed by atoms with Crippen LogP contribution in [0, 0.1) is 11.3 Å². The second-order valence-corrected chi connectivity index (χ2v) is 6.73. The lowest BCUT2D eigenvalue weighted by Crippen LogP contribution is -2.42. The molecule has 146 valence electrons. The van der Waals surface area contributed by atoms with E-state index >= 15 is 0 Å². The predicted molar refractivity (Wildman–Crippen MR) is 99.4 cm³/mol. The van der Waals surface area contributed by atoms with E-state index in [2.05, 4.69) is 15.1 Å². The minimum Gasteiger partial charge on any atom is -0.337 e. The molecule has 9 heteroatoms. The van der Waals surface area contributed by atoms with Crippen molar-refractivity contribution in [1.82, 2.24) is 24.6 Å². The quantitative estimate of drug-likeness (QED) is 0.681. The molecule has 0 saturated carbocycles. The number of amides is 1. The van der Waals surface area contributed by atoms with Gasteiger partial charge in [0, 0.05) is 38.3 Å². The smallest absolute Gasteiger partial charge is 0.274 e. The summed E-state index contributed by atoms with van der Waals surface area (Å²) in [5.41, 5.74) is 2.22. The number of alkyl halides is 2. The van der Waals surface area contributed by atoms with Crippen molar-refractivity contribution in [3.8, 4) is 23.1 Å². The number of carbonyl (C=O) groups is 1. The highest BCUT2D eigenvalue weighted by atomic mass is 19.3. The number of hydrogen-bond acceptors (Lipinski definition) is 5. The lowest BCUT2D eigenvalue weighted by atomic mass is 10.1. The van der Waals surface area contributed by atoms with Gasteiger partial charge in [-0.05, 0) is 30.3 Å². The Morgan fingerprint density at radius 1 is 1.17 bits per heavy atom. The van der Waals surface area contributed by atoms with Crippen LogP contribution >= 0.6 is 0 Å². The first-order valence-corrected chi connectivity index (χ1v) is 9.01. The van der Waals surface area contributed by atoms with Gasteiger partial charge in [0.25, 0.3) is 11.8 Å². The molecule has 1 aliphatic rings. The van der Waals surface area contributed by atoms with Crippen LogP contribution in [0.15, 0.2) is 48.9 Å². The molecule has 0 spiro atoms. The number of carbonyl (C=O) groups excluding carboxylic acids is 1. The fourth-order valence-electron chi connectivity index (χ4n) is 3.15. The molecular weight excluding hydrogens is 378 g/mol. The van der Waals surface area contributed by atoms with Crippen molar-refractivity contribution in [1.29, 1.82) is 5.26 Å². The van der Waals surface area contributed by atoms with Crippen molar-refractivity contribution in [2.45, 2.75) is 18.8 Å². The molecule has 0 aromatic carbocycles. The lowest BCUT2D eigenvalue weighted by Gasteiger charge is -2.31. The van der Waals surface area contributed by atoms with Gasteiger partial charge in [0.2, 0.25) is 0 Å². The third-order valence-electron chi connectivity index (χ3n) is 4.76. The molecule has 1 amide bonds. The van der Waals surface area contributed by atoms with E-state index in [0.717, 1.165) is 0 Å². The van der Waals surface area contributed by atoms with E-state index in [4.69, 9.17) is 5.26 Å². The minimum atomic E-state index is -2.73. The summed E-state index contributed by atoms with van der Waals surface area (Å²) in [6.45, 7) is -0.0356. The van der Waals surface area contributed by atoms with E-state index in [-0.39, 0.29) is 31.6 Å². The average Bonchev–Trinajstić information content (AvgIpc) is 3.19. The van der Waals surface area contributed by atoms with E-state index in [1.165, 1.54) is 15.8 Å².